The average Bonchev–Trinajstić information content (AvgIpc) is 2.87. The Bertz CT molecular complexity index is 636. The summed E-state index contributed by atoms with van der Waals surface area (Å²) >= 11 is 0. The number of benzene rings is 1. The van der Waals surface area contributed by atoms with E-state index >= 15 is 0 Å². The van der Waals surface area contributed by atoms with Crippen LogP contribution in [0.1, 0.15) is 22.8 Å². The predicted octanol–water partition coefficient (Wildman–Crippen LogP) is 0.594. The number of carbonyl (C=O) groups excluding carboxylic acids is 3. The SMILES string of the molecule is CC1CNCCN1C(=O)c1cccc(CN2C(=O)CNC2=O)c1.Cl. The standard InChI is InChI=1S/C16H20N4O3.ClH/c1-11-8-17-5-6-19(11)15(22)13-4-2-3-12(7-13)10-20-14(21)9-18-16(20)23;/h2-4,7,11,17H,5-6,8-10H2,1H3,(H,18,23);1H. The van der Waals surface area contributed by atoms with Gasteiger partial charge in [0, 0.05) is 31.2 Å². The lowest BCUT2D eigenvalue weighted by molar-refractivity contribution is -0.125. The lowest BCUT2D eigenvalue weighted by atomic mass is 10.1. The first-order valence-electron chi connectivity index (χ1n) is 7.75. The molecule has 0 saturated carbocycles. The maximum absolute atomic E-state index is 12.7. The van der Waals surface area contributed by atoms with Gasteiger partial charge < -0.3 is 15.5 Å². The van der Waals surface area contributed by atoms with Crippen LogP contribution in [0.5, 0.6) is 0 Å². The van der Waals surface area contributed by atoms with Crippen molar-refractivity contribution >= 4 is 30.3 Å². The third kappa shape index (κ3) is 3.68. The van der Waals surface area contributed by atoms with Gasteiger partial charge in [0.25, 0.3) is 5.91 Å². The number of rotatable bonds is 3. The Morgan fingerprint density at radius 3 is 2.79 bits per heavy atom. The molecule has 1 aromatic rings. The Morgan fingerprint density at radius 1 is 1.33 bits per heavy atom. The second kappa shape index (κ2) is 7.63. The van der Waals surface area contributed by atoms with Crippen LogP contribution in [-0.4, -0.2) is 59.9 Å². The maximum atomic E-state index is 12.7. The van der Waals surface area contributed by atoms with Crippen LogP contribution in [0.4, 0.5) is 4.79 Å². The highest BCUT2D eigenvalue weighted by molar-refractivity contribution is 6.02. The summed E-state index contributed by atoms with van der Waals surface area (Å²) in [7, 11) is 0. The van der Waals surface area contributed by atoms with E-state index in [1.54, 1.807) is 18.2 Å². The van der Waals surface area contributed by atoms with Crippen LogP contribution in [0.15, 0.2) is 24.3 Å². The quantitative estimate of drug-likeness (QED) is 0.780. The number of carbonyl (C=O) groups is 3. The van der Waals surface area contributed by atoms with Gasteiger partial charge in [-0.15, -0.1) is 12.4 Å². The molecule has 0 bridgehead atoms. The van der Waals surface area contributed by atoms with Crippen molar-refractivity contribution in [2.75, 3.05) is 26.2 Å². The van der Waals surface area contributed by atoms with Crippen molar-refractivity contribution < 1.29 is 14.4 Å². The summed E-state index contributed by atoms with van der Waals surface area (Å²) in [5.41, 5.74) is 1.35. The molecule has 2 aliphatic rings. The molecule has 2 N–H and O–H groups in total. The number of halogens is 1. The van der Waals surface area contributed by atoms with Crippen LogP contribution in [0.2, 0.25) is 0 Å². The number of piperazine rings is 1. The van der Waals surface area contributed by atoms with Gasteiger partial charge in [0.2, 0.25) is 5.91 Å². The number of amides is 4. The third-order valence-electron chi connectivity index (χ3n) is 4.21. The molecule has 24 heavy (non-hydrogen) atoms. The van der Waals surface area contributed by atoms with E-state index in [0.717, 1.165) is 23.6 Å². The molecule has 2 fully saturated rings. The molecule has 2 heterocycles. The van der Waals surface area contributed by atoms with Gasteiger partial charge in [-0.2, -0.15) is 0 Å². The van der Waals surface area contributed by atoms with Crippen molar-refractivity contribution in [1.82, 2.24) is 20.4 Å². The molecule has 8 heteroatoms. The fourth-order valence-electron chi connectivity index (χ4n) is 2.91. The number of urea groups is 1. The first kappa shape index (κ1) is 18.2. The second-order valence-corrected chi connectivity index (χ2v) is 5.89. The normalized spacial score (nSPS) is 20.6. The lowest BCUT2D eigenvalue weighted by Gasteiger charge is -2.34. The van der Waals surface area contributed by atoms with Crippen molar-refractivity contribution in [2.24, 2.45) is 0 Å². The fourth-order valence-corrected chi connectivity index (χ4v) is 2.91. The molecule has 0 radical (unpaired) electrons. The summed E-state index contributed by atoms with van der Waals surface area (Å²) in [6.07, 6.45) is 0. The van der Waals surface area contributed by atoms with Crippen LogP contribution in [-0.2, 0) is 11.3 Å². The molecule has 2 aliphatic heterocycles. The number of imide groups is 1. The van der Waals surface area contributed by atoms with Gasteiger partial charge in [-0.1, -0.05) is 12.1 Å². The van der Waals surface area contributed by atoms with E-state index in [-0.39, 0.29) is 49.4 Å². The van der Waals surface area contributed by atoms with Gasteiger partial charge in [0.15, 0.2) is 0 Å². The number of nitrogens with one attached hydrogen (secondary N) is 2. The van der Waals surface area contributed by atoms with Crippen LogP contribution < -0.4 is 10.6 Å². The predicted molar refractivity (Wildman–Crippen MR) is 91.0 cm³/mol. The summed E-state index contributed by atoms with van der Waals surface area (Å²) in [6, 6.07) is 6.89. The van der Waals surface area contributed by atoms with Crippen molar-refractivity contribution in [1.29, 1.82) is 0 Å². The van der Waals surface area contributed by atoms with Crippen LogP contribution in [0, 0.1) is 0 Å². The minimum Gasteiger partial charge on any atom is -0.333 e. The van der Waals surface area contributed by atoms with Crippen molar-refractivity contribution in [3.63, 3.8) is 0 Å². The molecule has 4 amide bonds. The van der Waals surface area contributed by atoms with Crippen molar-refractivity contribution in [3.8, 4) is 0 Å². The molecule has 130 valence electrons. The average molecular weight is 353 g/mol. The van der Waals surface area contributed by atoms with E-state index in [1.807, 2.05) is 17.9 Å². The molecule has 1 unspecified atom stereocenters. The largest absolute Gasteiger partial charge is 0.333 e. The van der Waals surface area contributed by atoms with E-state index in [2.05, 4.69) is 10.6 Å². The molecule has 0 spiro atoms. The number of hydrogen-bond acceptors (Lipinski definition) is 4. The van der Waals surface area contributed by atoms with Crippen molar-refractivity contribution in [3.05, 3.63) is 35.4 Å². The Morgan fingerprint density at radius 2 is 2.12 bits per heavy atom. The highest BCUT2D eigenvalue weighted by Crippen LogP contribution is 2.15. The molecule has 0 aliphatic carbocycles. The molecule has 0 aromatic heterocycles. The zero-order valence-corrected chi connectivity index (χ0v) is 14.3. The Labute approximate surface area is 146 Å². The highest BCUT2D eigenvalue weighted by atomic mass is 35.5. The molecule has 2 saturated heterocycles. The molecule has 3 rings (SSSR count). The zero-order valence-electron chi connectivity index (χ0n) is 13.4. The van der Waals surface area contributed by atoms with E-state index in [9.17, 15) is 14.4 Å². The summed E-state index contributed by atoms with van der Waals surface area (Å²) < 4.78 is 0. The molecular weight excluding hydrogens is 332 g/mol. The Kier molecular flexibility index (Phi) is 5.80. The minimum atomic E-state index is -0.387. The van der Waals surface area contributed by atoms with Gasteiger partial charge in [-0.05, 0) is 24.6 Å². The third-order valence-corrected chi connectivity index (χ3v) is 4.21. The summed E-state index contributed by atoms with van der Waals surface area (Å²) in [4.78, 5) is 38.9. The fraction of sp³-hybridized carbons (Fsp3) is 0.438. The van der Waals surface area contributed by atoms with Gasteiger partial charge in [0.1, 0.15) is 0 Å². The first-order valence-corrected chi connectivity index (χ1v) is 7.75. The summed E-state index contributed by atoms with van der Waals surface area (Å²) in [5.74, 6) is -0.263. The maximum Gasteiger partial charge on any atom is 0.324 e. The second-order valence-electron chi connectivity index (χ2n) is 5.89. The van der Waals surface area contributed by atoms with Crippen LogP contribution in [0.25, 0.3) is 0 Å². The van der Waals surface area contributed by atoms with Gasteiger partial charge in [-0.3, -0.25) is 14.5 Å². The van der Waals surface area contributed by atoms with Crippen LogP contribution >= 0.6 is 12.4 Å². The minimum absolute atomic E-state index is 0. The van der Waals surface area contributed by atoms with E-state index in [4.69, 9.17) is 0 Å². The molecule has 1 atom stereocenters. The van der Waals surface area contributed by atoms with E-state index < -0.39 is 0 Å². The lowest BCUT2D eigenvalue weighted by Crippen LogP contribution is -2.52. The monoisotopic (exact) mass is 352 g/mol. The van der Waals surface area contributed by atoms with Gasteiger partial charge >= 0.3 is 6.03 Å². The van der Waals surface area contributed by atoms with Gasteiger partial charge in [-0.25, -0.2) is 4.79 Å². The topological polar surface area (TPSA) is 81.8 Å². The summed E-state index contributed by atoms with van der Waals surface area (Å²) in [6.45, 7) is 4.49. The molecular formula is C16H21ClN4O3. The highest BCUT2D eigenvalue weighted by Gasteiger charge is 2.29. The number of hydrogen-bond donors (Lipinski definition) is 2. The van der Waals surface area contributed by atoms with E-state index in [0.29, 0.717) is 12.1 Å². The summed E-state index contributed by atoms with van der Waals surface area (Å²) in [5, 5.41) is 5.75. The zero-order chi connectivity index (χ0) is 16.4. The Balaban J connectivity index is 0.00000208. The Hall–Kier alpha value is -2.12. The molecule has 7 nitrogen and oxygen atoms in total. The first-order chi connectivity index (χ1) is 11.1. The van der Waals surface area contributed by atoms with Gasteiger partial charge in [0.05, 0.1) is 13.1 Å². The van der Waals surface area contributed by atoms with Crippen molar-refractivity contribution in [2.45, 2.75) is 19.5 Å². The molecule has 1 aromatic carbocycles. The van der Waals surface area contributed by atoms with E-state index in [1.165, 1.54) is 0 Å². The van der Waals surface area contributed by atoms with Crippen LogP contribution in [0.3, 0.4) is 0 Å². The number of nitrogens with zero attached hydrogens (tertiary/aromatic N) is 2. The smallest absolute Gasteiger partial charge is 0.324 e.